The van der Waals surface area contributed by atoms with Crippen molar-refractivity contribution < 1.29 is 0 Å². The molecule has 0 bridgehead atoms. The summed E-state index contributed by atoms with van der Waals surface area (Å²) < 4.78 is 0. The van der Waals surface area contributed by atoms with Crippen LogP contribution in [0.2, 0.25) is 0 Å². The fourth-order valence-electron chi connectivity index (χ4n) is 0.834. The van der Waals surface area contributed by atoms with E-state index in [2.05, 4.69) is 30.5 Å². The summed E-state index contributed by atoms with van der Waals surface area (Å²) in [7, 11) is 0. The standard InChI is InChI=1S/C9H11ClS/c1-8-6-9(7-11-8)4-2-3-5-10/h2,4,6-7H,3,5H2,1H3/b4-2+. The van der Waals surface area contributed by atoms with E-state index in [1.54, 1.807) is 11.3 Å². The normalized spacial score (nSPS) is 11.1. The van der Waals surface area contributed by atoms with Gasteiger partial charge in [0.2, 0.25) is 0 Å². The van der Waals surface area contributed by atoms with Gasteiger partial charge in [-0.05, 0) is 30.4 Å². The third kappa shape index (κ3) is 3.08. The van der Waals surface area contributed by atoms with Crippen molar-refractivity contribution in [2.24, 2.45) is 0 Å². The van der Waals surface area contributed by atoms with Crippen molar-refractivity contribution in [1.82, 2.24) is 0 Å². The van der Waals surface area contributed by atoms with E-state index >= 15 is 0 Å². The molecule has 1 heterocycles. The summed E-state index contributed by atoms with van der Waals surface area (Å²) in [6.45, 7) is 2.11. The number of alkyl halides is 1. The first-order valence-corrected chi connectivity index (χ1v) is 5.02. The average Bonchev–Trinajstić information content (AvgIpc) is 2.37. The number of allylic oxidation sites excluding steroid dienone is 1. The number of hydrogen-bond donors (Lipinski definition) is 0. The second kappa shape index (κ2) is 4.58. The first-order valence-electron chi connectivity index (χ1n) is 3.60. The predicted molar refractivity (Wildman–Crippen MR) is 53.4 cm³/mol. The summed E-state index contributed by atoms with van der Waals surface area (Å²) in [5.41, 5.74) is 1.29. The van der Waals surface area contributed by atoms with Crippen LogP contribution < -0.4 is 0 Å². The van der Waals surface area contributed by atoms with Crippen LogP contribution in [0.1, 0.15) is 16.9 Å². The zero-order valence-electron chi connectivity index (χ0n) is 6.51. The van der Waals surface area contributed by atoms with Gasteiger partial charge in [-0.25, -0.2) is 0 Å². The summed E-state index contributed by atoms with van der Waals surface area (Å²) in [4.78, 5) is 1.36. The maximum absolute atomic E-state index is 5.52. The SMILES string of the molecule is Cc1cc(/C=C/CCCl)cs1. The van der Waals surface area contributed by atoms with Gasteiger partial charge in [0.15, 0.2) is 0 Å². The highest BCUT2D eigenvalue weighted by Crippen LogP contribution is 2.14. The van der Waals surface area contributed by atoms with Crippen LogP contribution in [0.5, 0.6) is 0 Å². The maximum atomic E-state index is 5.52. The molecule has 0 aliphatic heterocycles. The lowest BCUT2D eigenvalue weighted by atomic mass is 10.3. The molecular formula is C9H11ClS. The van der Waals surface area contributed by atoms with Crippen molar-refractivity contribution in [3.8, 4) is 0 Å². The third-order valence-corrected chi connectivity index (χ3v) is 2.43. The first kappa shape index (κ1) is 8.82. The molecule has 0 radical (unpaired) electrons. The Morgan fingerprint density at radius 1 is 1.64 bits per heavy atom. The Kier molecular flexibility index (Phi) is 3.67. The molecule has 0 spiro atoms. The van der Waals surface area contributed by atoms with Crippen molar-refractivity contribution in [3.63, 3.8) is 0 Å². The Balaban J connectivity index is 2.50. The smallest absolute Gasteiger partial charge is 0.0258 e. The Bertz CT molecular complexity index is 237. The van der Waals surface area contributed by atoms with E-state index in [4.69, 9.17) is 11.6 Å². The van der Waals surface area contributed by atoms with Crippen molar-refractivity contribution >= 4 is 29.0 Å². The lowest BCUT2D eigenvalue weighted by Crippen LogP contribution is -1.66. The number of rotatable bonds is 3. The number of halogens is 1. The van der Waals surface area contributed by atoms with E-state index in [9.17, 15) is 0 Å². The van der Waals surface area contributed by atoms with E-state index < -0.39 is 0 Å². The van der Waals surface area contributed by atoms with Crippen molar-refractivity contribution in [1.29, 1.82) is 0 Å². The van der Waals surface area contributed by atoms with Gasteiger partial charge in [0.1, 0.15) is 0 Å². The number of thiophene rings is 1. The van der Waals surface area contributed by atoms with Crippen LogP contribution in [0.4, 0.5) is 0 Å². The molecule has 0 N–H and O–H groups in total. The summed E-state index contributed by atoms with van der Waals surface area (Å²) in [5.74, 6) is 0.708. The zero-order valence-corrected chi connectivity index (χ0v) is 8.08. The minimum Gasteiger partial charge on any atom is -0.149 e. The molecule has 0 aliphatic carbocycles. The first-order chi connectivity index (χ1) is 5.33. The second-order valence-corrected chi connectivity index (χ2v) is 3.86. The monoisotopic (exact) mass is 186 g/mol. The van der Waals surface area contributed by atoms with Gasteiger partial charge in [0.05, 0.1) is 0 Å². The molecular weight excluding hydrogens is 176 g/mol. The molecule has 60 valence electrons. The van der Waals surface area contributed by atoms with Crippen LogP contribution in [0.15, 0.2) is 17.5 Å². The molecule has 1 rings (SSSR count). The van der Waals surface area contributed by atoms with Crippen molar-refractivity contribution in [2.75, 3.05) is 5.88 Å². The molecule has 0 amide bonds. The van der Waals surface area contributed by atoms with Gasteiger partial charge in [0, 0.05) is 10.8 Å². The fraction of sp³-hybridized carbons (Fsp3) is 0.333. The molecule has 1 aromatic rings. The van der Waals surface area contributed by atoms with Crippen LogP contribution in [0.25, 0.3) is 6.08 Å². The molecule has 2 heteroatoms. The van der Waals surface area contributed by atoms with Crippen LogP contribution in [0.3, 0.4) is 0 Å². The molecule has 0 fully saturated rings. The van der Waals surface area contributed by atoms with Gasteiger partial charge in [-0.2, -0.15) is 0 Å². The Labute approximate surface area is 76.5 Å². The summed E-state index contributed by atoms with van der Waals surface area (Å²) in [5, 5.41) is 2.15. The van der Waals surface area contributed by atoms with Gasteiger partial charge in [0.25, 0.3) is 0 Å². The highest BCUT2D eigenvalue weighted by atomic mass is 35.5. The van der Waals surface area contributed by atoms with Crippen LogP contribution in [-0.2, 0) is 0 Å². The zero-order chi connectivity index (χ0) is 8.10. The molecule has 0 nitrogen and oxygen atoms in total. The molecule has 0 aliphatic rings. The van der Waals surface area contributed by atoms with E-state index in [1.165, 1.54) is 10.4 Å². The average molecular weight is 187 g/mol. The molecule has 0 atom stereocenters. The van der Waals surface area contributed by atoms with Crippen LogP contribution in [-0.4, -0.2) is 5.88 Å². The lowest BCUT2D eigenvalue weighted by molar-refractivity contribution is 1.24. The van der Waals surface area contributed by atoms with E-state index in [0.717, 1.165) is 6.42 Å². The lowest BCUT2D eigenvalue weighted by Gasteiger charge is -1.82. The molecule has 0 aromatic carbocycles. The molecule has 11 heavy (non-hydrogen) atoms. The van der Waals surface area contributed by atoms with Gasteiger partial charge < -0.3 is 0 Å². The Morgan fingerprint density at radius 2 is 2.45 bits per heavy atom. The van der Waals surface area contributed by atoms with Gasteiger partial charge in [-0.15, -0.1) is 22.9 Å². The quantitative estimate of drug-likeness (QED) is 0.632. The minimum absolute atomic E-state index is 0.708. The Morgan fingerprint density at radius 3 is 3.00 bits per heavy atom. The third-order valence-electron chi connectivity index (χ3n) is 1.34. The highest BCUT2D eigenvalue weighted by Gasteiger charge is 1.89. The van der Waals surface area contributed by atoms with Gasteiger partial charge in [-0.3, -0.25) is 0 Å². The van der Waals surface area contributed by atoms with Crippen molar-refractivity contribution in [3.05, 3.63) is 28.0 Å². The fourth-order valence-corrected chi connectivity index (χ4v) is 1.63. The topological polar surface area (TPSA) is 0 Å². The van der Waals surface area contributed by atoms with E-state index in [0.29, 0.717) is 5.88 Å². The molecule has 1 aromatic heterocycles. The van der Waals surface area contributed by atoms with Gasteiger partial charge >= 0.3 is 0 Å². The second-order valence-electron chi connectivity index (χ2n) is 2.37. The van der Waals surface area contributed by atoms with Gasteiger partial charge in [-0.1, -0.05) is 12.2 Å². The summed E-state index contributed by atoms with van der Waals surface area (Å²) in [6, 6.07) is 2.18. The number of hydrogen-bond acceptors (Lipinski definition) is 1. The number of aryl methyl sites for hydroxylation is 1. The largest absolute Gasteiger partial charge is 0.149 e. The highest BCUT2D eigenvalue weighted by molar-refractivity contribution is 7.10. The molecule has 0 saturated carbocycles. The minimum atomic E-state index is 0.708. The van der Waals surface area contributed by atoms with Crippen LogP contribution in [0, 0.1) is 6.92 Å². The maximum Gasteiger partial charge on any atom is 0.0258 e. The molecule has 0 saturated heterocycles. The summed E-state index contributed by atoms with van der Waals surface area (Å²) >= 11 is 7.30. The molecule has 0 unspecified atom stereocenters. The summed E-state index contributed by atoms with van der Waals surface area (Å²) in [6.07, 6.45) is 5.18. The van der Waals surface area contributed by atoms with Crippen LogP contribution >= 0.6 is 22.9 Å². The Hall–Kier alpha value is -0.270. The predicted octanol–water partition coefficient (Wildman–Crippen LogP) is 3.70. The van der Waals surface area contributed by atoms with E-state index in [-0.39, 0.29) is 0 Å². The van der Waals surface area contributed by atoms with E-state index in [1.807, 2.05) is 0 Å². The van der Waals surface area contributed by atoms with Crippen molar-refractivity contribution in [2.45, 2.75) is 13.3 Å².